The molecule has 0 saturated heterocycles. The molecule has 0 saturated carbocycles. The van der Waals surface area contributed by atoms with Crippen molar-refractivity contribution < 1.29 is 19.7 Å². The van der Waals surface area contributed by atoms with E-state index in [9.17, 15) is 10.2 Å². The fourth-order valence-corrected chi connectivity index (χ4v) is 4.99. The van der Waals surface area contributed by atoms with Crippen LogP contribution in [0.4, 0.5) is 0 Å². The van der Waals surface area contributed by atoms with E-state index in [0.717, 1.165) is 35.5 Å². The lowest BCUT2D eigenvalue weighted by Crippen LogP contribution is -2.12. The van der Waals surface area contributed by atoms with Gasteiger partial charge in [0, 0.05) is 21.5 Å². The number of unbranched alkanes of at least 4 members (excludes halogenated alkanes) is 2. The van der Waals surface area contributed by atoms with Crippen LogP contribution in [-0.2, 0) is 0 Å². The molecule has 0 spiro atoms. The van der Waals surface area contributed by atoms with Crippen LogP contribution in [0, 0.1) is 11.8 Å². The minimum Gasteiger partial charge on any atom is -0.507 e. The Kier molecular flexibility index (Phi) is 13.0. The predicted molar refractivity (Wildman–Crippen MR) is 169 cm³/mol. The molecule has 4 aromatic rings. The molecule has 216 valence electrons. The predicted octanol–water partition coefficient (Wildman–Crippen LogP) is 10.3. The van der Waals surface area contributed by atoms with E-state index < -0.39 is 0 Å². The maximum absolute atomic E-state index is 9.38. The smallest absolute Gasteiger partial charge is 0.127 e. The highest BCUT2D eigenvalue weighted by molar-refractivity contribution is 5.93. The average molecular weight is 545 g/mol. The second-order valence-electron chi connectivity index (χ2n) is 10.7. The van der Waals surface area contributed by atoms with Crippen LogP contribution in [0.25, 0.3) is 21.5 Å². The first-order valence-electron chi connectivity index (χ1n) is 15.2. The van der Waals surface area contributed by atoms with Crippen molar-refractivity contribution in [3.8, 4) is 23.0 Å². The molecule has 40 heavy (non-hydrogen) atoms. The van der Waals surface area contributed by atoms with Crippen LogP contribution in [0.1, 0.15) is 79.1 Å². The summed E-state index contributed by atoms with van der Waals surface area (Å²) < 4.78 is 12.5. The van der Waals surface area contributed by atoms with Crippen molar-refractivity contribution in [2.45, 2.75) is 79.1 Å². The Bertz CT molecular complexity index is 1200. The number of rotatable bonds is 14. The van der Waals surface area contributed by atoms with Gasteiger partial charge in [-0.15, -0.1) is 0 Å². The Morgan fingerprint density at radius 3 is 1.27 bits per heavy atom. The summed E-state index contributed by atoms with van der Waals surface area (Å²) >= 11 is 0. The molecule has 0 heterocycles. The minimum absolute atomic E-state index is 0.198. The van der Waals surface area contributed by atoms with E-state index in [1.807, 2.05) is 0 Å². The molecule has 2 unspecified atom stereocenters. The molecule has 0 aliphatic heterocycles. The number of ether oxygens (including phenoxy) is 2. The van der Waals surface area contributed by atoms with E-state index >= 15 is 0 Å². The summed E-state index contributed by atoms with van der Waals surface area (Å²) in [7, 11) is 0. The molecule has 0 amide bonds. The minimum atomic E-state index is 0.198. The standard InChI is InChI=1S/C26H40O2.C10H8O2/c1-5-9-13-21(7-3)19-27-25-17-11-16-24-23(25)15-12-18-26(24)28-20-22(8-4)14-10-6-2;11-9-5-1-3-7-8(9)4-2-6-10(7)12/h11-12,15-18,21-22H,5-10,13-14,19-20H2,1-4H3;1-6,11-12H. The third kappa shape index (κ3) is 8.81. The largest absolute Gasteiger partial charge is 0.507 e. The van der Waals surface area contributed by atoms with Gasteiger partial charge in [-0.1, -0.05) is 115 Å². The number of aromatic hydroxyl groups is 2. The molecule has 4 nitrogen and oxygen atoms in total. The number of benzene rings is 4. The van der Waals surface area contributed by atoms with E-state index in [1.54, 1.807) is 36.4 Å². The maximum Gasteiger partial charge on any atom is 0.127 e. The Labute approximate surface area is 241 Å². The van der Waals surface area contributed by atoms with Crippen molar-refractivity contribution >= 4 is 21.5 Å². The average Bonchev–Trinajstić information content (AvgIpc) is 2.98. The second-order valence-corrected chi connectivity index (χ2v) is 10.7. The molecule has 2 N–H and O–H groups in total. The molecule has 4 rings (SSSR count). The lowest BCUT2D eigenvalue weighted by atomic mass is 10.0. The van der Waals surface area contributed by atoms with Crippen molar-refractivity contribution in [1.29, 1.82) is 0 Å². The normalized spacial score (nSPS) is 12.5. The van der Waals surface area contributed by atoms with Crippen LogP contribution in [0.2, 0.25) is 0 Å². The van der Waals surface area contributed by atoms with Gasteiger partial charge < -0.3 is 19.7 Å². The van der Waals surface area contributed by atoms with Crippen LogP contribution >= 0.6 is 0 Å². The van der Waals surface area contributed by atoms with Crippen molar-refractivity contribution in [2.24, 2.45) is 11.8 Å². The summed E-state index contributed by atoms with van der Waals surface area (Å²) in [4.78, 5) is 0. The lowest BCUT2D eigenvalue weighted by molar-refractivity contribution is 0.233. The Hall–Kier alpha value is -3.40. The highest BCUT2D eigenvalue weighted by Gasteiger charge is 2.12. The zero-order chi connectivity index (χ0) is 28.7. The fourth-order valence-electron chi connectivity index (χ4n) is 4.99. The van der Waals surface area contributed by atoms with E-state index in [2.05, 4.69) is 64.1 Å². The molecule has 0 aliphatic rings. The summed E-state index contributed by atoms with van der Waals surface area (Å²) in [5.41, 5.74) is 0. The Balaban J connectivity index is 0.000000302. The fraction of sp³-hybridized carbons (Fsp3) is 0.444. The van der Waals surface area contributed by atoms with Crippen molar-refractivity contribution in [1.82, 2.24) is 0 Å². The molecular formula is C36H48O4. The SMILES string of the molecule is CCCCC(CC)COc1cccc2c(OCC(CC)CCCC)cccc12.Oc1cccc2c(O)cccc12. The molecule has 0 fully saturated rings. The second kappa shape index (κ2) is 16.6. The highest BCUT2D eigenvalue weighted by atomic mass is 16.5. The number of phenolic OH excluding ortho intramolecular Hbond substituents is 2. The van der Waals surface area contributed by atoms with Gasteiger partial charge in [0.2, 0.25) is 0 Å². The Morgan fingerprint density at radius 1 is 0.525 bits per heavy atom. The first kappa shape index (κ1) is 31.1. The molecule has 0 aromatic heterocycles. The van der Waals surface area contributed by atoms with Gasteiger partial charge in [-0.05, 0) is 48.9 Å². The highest BCUT2D eigenvalue weighted by Crippen LogP contribution is 2.33. The summed E-state index contributed by atoms with van der Waals surface area (Å²) in [6.07, 6.45) is 9.93. The van der Waals surface area contributed by atoms with Gasteiger partial charge in [0.05, 0.1) is 13.2 Å². The van der Waals surface area contributed by atoms with E-state index in [-0.39, 0.29) is 11.5 Å². The van der Waals surface area contributed by atoms with Crippen LogP contribution in [0.3, 0.4) is 0 Å². The van der Waals surface area contributed by atoms with Crippen LogP contribution in [-0.4, -0.2) is 23.4 Å². The summed E-state index contributed by atoms with van der Waals surface area (Å²) in [5, 5.41) is 22.4. The number of fused-ring (bicyclic) bond motifs is 2. The first-order chi connectivity index (χ1) is 19.5. The van der Waals surface area contributed by atoms with Gasteiger partial charge in [-0.25, -0.2) is 0 Å². The van der Waals surface area contributed by atoms with Gasteiger partial charge >= 0.3 is 0 Å². The third-order valence-corrected chi connectivity index (χ3v) is 7.75. The monoisotopic (exact) mass is 544 g/mol. The number of hydrogen-bond acceptors (Lipinski definition) is 4. The van der Waals surface area contributed by atoms with Gasteiger partial charge in [-0.3, -0.25) is 0 Å². The van der Waals surface area contributed by atoms with Crippen molar-refractivity contribution in [2.75, 3.05) is 13.2 Å². The zero-order valence-electron chi connectivity index (χ0n) is 24.9. The van der Waals surface area contributed by atoms with Gasteiger partial charge in [0.25, 0.3) is 0 Å². The lowest BCUT2D eigenvalue weighted by Gasteiger charge is -2.19. The zero-order valence-corrected chi connectivity index (χ0v) is 24.9. The molecular weight excluding hydrogens is 496 g/mol. The van der Waals surface area contributed by atoms with E-state index in [0.29, 0.717) is 22.6 Å². The van der Waals surface area contributed by atoms with Crippen LogP contribution < -0.4 is 9.47 Å². The van der Waals surface area contributed by atoms with Crippen molar-refractivity contribution in [3.63, 3.8) is 0 Å². The van der Waals surface area contributed by atoms with E-state index in [1.165, 1.54) is 51.4 Å². The maximum atomic E-state index is 9.38. The molecule has 0 aliphatic carbocycles. The molecule has 2 atom stereocenters. The molecule has 0 bridgehead atoms. The van der Waals surface area contributed by atoms with Gasteiger partial charge in [0.15, 0.2) is 0 Å². The number of hydrogen-bond donors (Lipinski definition) is 2. The van der Waals surface area contributed by atoms with Crippen molar-refractivity contribution in [3.05, 3.63) is 72.8 Å². The molecule has 4 aromatic carbocycles. The quantitative estimate of drug-likeness (QED) is 0.166. The Morgan fingerprint density at radius 2 is 0.900 bits per heavy atom. The summed E-state index contributed by atoms with van der Waals surface area (Å²) in [6, 6.07) is 22.8. The molecule has 4 heteroatoms. The summed E-state index contributed by atoms with van der Waals surface area (Å²) in [5.74, 6) is 3.63. The van der Waals surface area contributed by atoms with E-state index in [4.69, 9.17) is 9.47 Å². The third-order valence-electron chi connectivity index (χ3n) is 7.75. The summed E-state index contributed by atoms with van der Waals surface area (Å²) in [6.45, 7) is 10.6. The van der Waals surface area contributed by atoms with Gasteiger partial charge in [-0.2, -0.15) is 0 Å². The van der Waals surface area contributed by atoms with Crippen LogP contribution in [0.5, 0.6) is 23.0 Å². The first-order valence-corrected chi connectivity index (χ1v) is 15.2. The topological polar surface area (TPSA) is 58.9 Å². The number of phenols is 2. The van der Waals surface area contributed by atoms with Gasteiger partial charge in [0.1, 0.15) is 23.0 Å². The molecule has 0 radical (unpaired) electrons. The van der Waals surface area contributed by atoms with Crippen LogP contribution in [0.15, 0.2) is 72.8 Å².